The van der Waals surface area contributed by atoms with Crippen LogP contribution in [0.4, 0.5) is 0 Å². The SMILES string of the molecule is CCCCC(=O)O[Si](C)(C)C. The van der Waals surface area contributed by atoms with Gasteiger partial charge in [-0.3, -0.25) is 4.79 Å². The van der Waals surface area contributed by atoms with Crippen LogP contribution in [0.15, 0.2) is 0 Å². The number of carbonyl (C=O) groups excluding carboxylic acids is 1. The summed E-state index contributed by atoms with van der Waals surface area (Å²) in [5.74, 6) is -0.0222. The highest BCUT2D eigenvalue weighted by molar-refractivity contribution is 6.71. The molecule has 0 atom stereocenters. The van der Waals surface area contributed by atoms with E-state index in [0.29, 0.717) is 6.42 Å². The Balaban J connectivity index is 3.53. The molecule has 0 aromatic heterocycles. The summed E-state index contributed by atoms with van der Waals surface area (Å²) in [6.07, 6.45) is 2.59. The van der Waals surface area contributed by atoms with Crippen LogP contribution in [0.5, 0.6) is 0 Å². The van der Waals surface area contributed by atoms with Gasteiger partial charge in [-0.25, -0.2) is 0 Å². The third kappa shape index (κ3) is 7.59. The van der Waals surface area contributed by atoms with Crippen LogP contribution in [0.1, 0.15) is 26.2 Å². The molecule has 0 aliphatic carbocycles. The normalized spacial score (nSPS) is 11.3. The first kappa shape index (κ1) is 10.7. The van der Waals surface area contributed by atoms with E-state index in [1.165, 1.54) is 0 Å². The van der Waals surface area contributed by atoms with E-state index in [1.54, 1.807) is 0 Å². The van der Waals surface area contributed by atoms with Gasteiger partial charge in [0.15, 0.2) is 0 Å². The molecule has 11 heavy (non-hydrogen) atoms. The van der Waals surface area contributed by atoms with Crippen molar-refractivity contribution in [3.8, 4) is 0 Å². The largest absolute Gasteiger partial charge is 0.520 e. The summed E-state index contributed by atoms with van der Waals surface area (Å²) in [6, 6.07) is 0. The zero-order valence-corrected chi connectivity index (χ0v) is 8.94. The summed E-state index contributed by atoms with van der Waals surface area (Å²) < 4.78 is 5.24. The summed E-state index contributed by atoms with van der Waals surface area (Å²) in [7, 11) is -1.62. The second-order valence-corrected chi connectivity index (χ2v) is 8.12. The Labute approximate surface area is 70.1 Å². The van der Waals surface area contributed by atoms with Crippen molar-refractivity contribution < 1.29 is 9.22 Å². The fraction of sp³-hybridized carbons (Fsp3) is 0.875. The Morgan fingerprint density at radius 1 is 1.36 bits per heavy atom. The molecule has 0 spiro atoms. The minimum absolute atomic E-state index is 0.0222. The Bertz CT molecular complexity index is 127. The molecule has 0 aliphatic heterocycles. The van der Waals surface area contributed by atoms with Gasteiger partial charge in [0.05, 0.1) is 0 Å². The topological polar surface area (TPSA) is 26.3 Å². The molecule has 0 aliphatic rings. The Kier molecular flexibility index (Phi) is 4.41. The number of hydrogen-bond donors (Lipinski definition) is 0. The molecule has 0 aromatic rings. The van der Waals surface area contributed by atoms with Crippen molar-refractivity contribution in [2.24, 2.45) is 0 Å². The van der Waals surface area contributed by atoms with E-state index in [4.69, 9.17) is 4.43 Å². The van der Waals surface area contributed by atoms with Crippen LogP contribution in [-0.4, -0.2) is 14.3 Å². The van der Waals surface area contributed by atoms with Crippen LogP contribution >= 0.6 is 0 Å². The van der Waals surface area contributed by atoms with E-state index in [0.717, 1.165) is 12.8 Å². The van der Waals surface area contributed by atoms with Crippen molar-refractivity contribution in [3.63, 3.8) is 0 Å². The lowest BCUT2D eigenvalue weighted by atomic mass is 10.3. The van der Waals surface area contributed by atoms with Crippen LogP contribution in [0.3, 0.4) is 0 Å². The van der Waals surface area contributed by atoms with Crippen molar-refractivity contribution in [2.45, 2.75) is 45.8 Å². The molecule has 0 fully saturated rings. The summed E-state index contributed by atoms with van der Waals surface area (Å²) >= 11 is 0. The number of unbranched alkanes of at least 4 members (excludes halogenated alkanes) is 1. The van der Waals surface area contributed by atoms with E-state index in [9.17, 15) is 4.79 Å². The van der Waals surface area contributed by atoms with Gasteiger partial charge in [0.2, 0.25) is 8.32 Å². The fourth-order valence-electron chi connectivity index (χ4n) is 0.714. The predicted octanol–water partition coefficient (Wildman–Crippen LogP) is 2.55. The van der Waals surface area contributed by atoms with Crippen LogP contribution in [0, 0.1) is 0 Å². The van der Waals surface area contributed by atoms with Crippen molar-refractivity contribution in [1.29, 1.82) is 0 Å². The van der Waals surface area contributed by atoms with Crippen molar-refractivity contribution in [1.82, 2.24) is 0 Å². The van der Waals surface area contributed by atoms with E-state index >= 15 is 0 Å². The minimum Gasteiger partial charge on any atom is -0.520 e. The summed E-state index contributed by atoms with van der Waals surface area (Å²) in [6.45, 7) is 8.15. The zero-order chi connectivity index (χ0) is 8.91. The molecular weight excluding hydrogens is 156 g/mol. The molecule has 0 amide bonds. The lowest BCUT2D eigenvalue weighted by Gasteiger charge is -2.16. The van der Waals surface area contributed by atoms with Crippen LogP contribution in [0.2, 0.25) is 19.6 Å². The zero-order valence-electron chi connectivity index (χ0n) is 7.94. The van der Waals surface area contributed by atoms with Gasteiger partial charge in [0.1, 0.15) is 0 Å². The van der Waals surface area contributed by atoms with Crippen molar-refractivity contribution >= 4 is 14.3 Å². The molecule has 0 saturated heterocycles. The van der Waals surface area contributed by atoms with Crippen molar-refractivity contribution in [3.05, 3.63) is 0 Å². The molecular formula is C8H18O2Si. The Hall–Kier alpha value is -0.313. The van der Waals surface area contributed by atoms with Crippen LogP contribution in [-0.2, 0) is 9.22 Å². The second kappa shape index (κ2) is 4.54. The van der Waals surface area contributed by atoms with Gasteiger partial charge in [-0.05, 0) is 26.1 Å². The maximum Gasteiger partial charge on any atom is 0.292 e. The van der Waals surface area contributed by atoms with E-state index in [1.807, 2.05) is 19.6 Å². The van der Waals surface area contributed by atoms with Gasteiger partial charge in [0, 0.05) is 6.42 Å². The number of carbonyl (C=O) groups is 1. The molecule has 0 N–H and O–H groups in total. The number of rotatable bonds is 4. The lowest BCUT2D eigenvalue weighted by molar-refractivity contribution is -0.135. The molecule has 2 nitrogen and oxygen atoms in total. The summed E-state index contributed by atoms with van der Waals surface area (Å²) in [5.41, 5.74) is 0. The third-order valence-electron chi connectivity index (χ3n) is 1.15. The second-order valence-electron chi connectivity index (χ2n) is 3.69. The number of hydrogen-bond acceptors (Lipinski definition) is 2. The van der Waals surface area contributed by atoms with E-state index in [2.05, 4.69) is 6.92 Å². The maximum atomic E-state index is 11.0. The average molecular weight is 174 g/mol. The lowest BCUT2D eigenvalue weighted by Crippen LogP contribution is -2.28. The van der Waals surface area contributed by atoms with Gasteiger partial charge in [-0.15, -0.1) is 0 Å². The first-order chi connectivity index (χ1) is 4.95. The average Bonchev–Trinajstić information content (AvgIpc) is 1.79. The fourth-order valence-corrected chi connectivity index (χ4v) is 1.50. The third-order valence-corrected chi connectivity index (χ3v) is 1.99. The van der Waals surface area contributed by atoms with Gasteiger partial charge < -0.3 is 4.43 Å². The molecule has 0 radical (unpaired) electrons. The highest BCUT2D eigenvalue weighted by Gasteiger charge is 2.18. The smallest absolute Gasteiger partial charge is 0.292 e. The highest BCUT2D eigenvalue weighted by Crippen LogP contribution is 2.06. The quantitative estimate of drug-likeness (QED) is 0.612. The highest BCUT2D eigenvalue weighted by atomic mass is 28.4. The molecule has 66 valence electrons. The predicted molar refractivity (Wildman–Crippen MR) is 49.0 cm³/mol. The van der Waals surface area contributed by atoms with Crippen LogP contribution in [0.25, 0.3) is 0 Å². The summed E-state index contributed by atoms with van der Waals surface area (Å²) in [5, 5.41) is 0. The summed E-state index contributed by atoms with van der Waals surface area (Å²) in [4.78, 5) is 11.0. The first-order valence-electron chi connectivity index (χ1n) is 4.17. The molecule has 0 saturated carbocycles. The van der Waals surface area contributed by atoms with Gasteiger partial charge >= 0.3 is 0 Å². The minimum atomic E-state index is -1.62. The van der Waals surface area contributed by atoms with Gasteiger partial charge in [-0.2, -0.15) is 0 Å². The molecule has 0 aromatic carbocycles. The molecule has 0 bridgehead atoms. The molecule has 0 heterocycles. The van der Waals surface area contributed by atoms with E-state index in [-0.39, 0.29) is 5.97 Å². The van der Waals surface area contributed by atoms with Crippen LogP contribution < -0.4 is 0 Å². The first-order valence-corrected chi connectivity index (χ1v) is 7.58. The van der Waals surface area contributed by atoms with Gasteiger partial charge in [0.25, 0.3) is 5.97 Å². The molecule has 0 rings (SSSR count). The van der Waals surface area contributed by atoms with Gasteiger partial charge in [-0.1, -0.05) is 13.3 Å². The monoisotopic (exact) mass is 174 g/mol. The molecule has 0 unspecified atom stereocenters. The standard InChI is InChI=1S/C8H18O2Si/c1-5-6-7-8(9)10-11(2,3)4/h5-7H2,1-4H3. The maximum absolute atomic E-state index is 11.0. The molecule has 3 heteroatoms. The van der Waals surface area contributed by atoms with E-state index < -0.39 is 8.32 Å². The Morgan fingerprint density at radius 2 is 1.91 bits per heavy atom. The Morgan fingerprint density at radius 3 is 2.27 bits per heavy atom. The van der Waals surface area contributed by atoms with Crippen molar-refractivity contribution in [2.75, 3.05) is 0 Å².